The number of para-hydroxylation sites is 1. The summed E-state index contributed by atoms with van der Waals surface area (Å²) < 4.78 is 1.15. The van der Waals surface area contributed by atoms with Crippen LogP contribution in [0.4, 0.5) is 5.13 Å². The first-order valence-corrected chi connectivity index (χ1v) is 8.20. The van der Waals surface area contributed by atoms with Gasteiger partial charge in [-0.15, -0.1) is 0 Å². The van der Waals surface area contributed by atoms with Gasteiger partial charge in [0, 0.05) is 12.7 Å². The monoisotopic (exact) mass is 325 g/mol. The predicted molar refractivity (Wildman–Crippen MR) is 97.1 cm³/mol. The second kappa shape index (κ2) is 6.85. The Labute approximate surface area is 139 Å². The Morgan fingerprint density at radius 1 is 1.22 bits per heavy atom. The maximum atomic E-state index is 4.52. The summed E-state index contributed by atoms with van der Waals surface area (Å²) in [5, 5.41) is 5.25. The number of hydrogen-bond acceptors (Lipinski definition) is 6. The van der Waals surface area contributed by atoms with Crippen LogP contribution in [0, 0.1) is 0 Å². The highest BCUT2D eigenvalue weighted by molar-refractivity contribution is 7.22. The molecule has 0 saturated heterocycles. The quantitative estimate of drug-likeness (QED) is 0.575. The summed E-state index contributed by atoms with van der Waals surface area (Å²) in [7, 11) is 4.09. The average molecular weight is 325 g/mol. The van der Waals surface area contributed by atoms with E-state index in [9.17, 15) is 0 Å². The molecule has 118 valence electrons. The first-order valence-electron chi connectivity index (χ1n) is 7.38. The molecule has 5 nitrogen and oxygen atoms in total. The number of rotatable bonds is 5. The molecule has 2 heterocycles. The first kappa shape index (κ1) is 15.6. The summed E-state index contributed by atoms with van der Waals surface area (Å²) in [6, 6.07) is 12.1. The molecule has 0 aliphatic carbocycles. The molecule has 3 rings (SSSR count). The van der Waals surface area contributed by atoms with Crippen molar-refractivity contribution in [2.24, 2.45) is 5.10 Å². The molecule has 2 aromatic heterocycles. The molecule has 0 spiro atoms. The molecule has 0 aliphatic rings. The zero-order chi connectivity index (χ0) is 16.2. The van der Waals surface area contributed by atoms with Gasteiger partial charge in [-0.25, -0.2) is 4.98 Å². The molecule has 1 aromatic carbocycles. The maximum absolute atomic E-state index is 4.52. The van der Waals surface area contributed by atoms with Crippen molar-refractivity contribution >= 4 is 32.4 Å². The lowest BCUT2D eigenvalue weighted by Gasteiger charge is -2.12. The third-order valence-electron chi connectivity index (χ3n) is 3.33. The van der Waals surface area contributed by atoms with E-state index in [2.05, 4.69) is 37.5 Å². The summed E-state index contributed by atoms with van der Waals surface area (Å²) in [5.41, 5.74) is 6.96. The van der Waals surface area contributed by atoms with Gasteiger partial charge in [-0.1, -0.05) is 29.5 Å². The van der Waals surface area contributed by atoms with Crippen LogP contribution in [0.15, 0.2) is 47.7 Å². The van der Waals surface area contributed by atoms with Crippen LogP contribution in [0.2, 0.25) is 0 Å². The van der Waals surface area contributed by atoms with Gasteiger partial charge in [-0.3, -0.25) is 10.4 Å². The van der Waals surface area contributed by atoms with E-state index in [0.717, 1.165) is 38.9 Å². The van der Waals surface area contributed by atoms with Crippen molar-refractivity contribution in [1.29, 1.82) is 0 Å². The topological polar surface area (TPSA) is 53.4 Å². The minimum absolute atomic E-state index is 0.788. The van der Waals surface area contributed by atoms with Gasteiger partial charge in [-0.05, 0) is 44.8 Å². The number of hydrogen-bond donors (Lipinski definition) is 1. The highest BCUT2D eigenvalue weighted by atomic mass is 32.1. The Bertz CT molecular complexity index is 805. The van der Waals surface area contributed by atoms with Gasteiger partial charge < -0.3 is 4.90 Å². The molecular formula is C17H19N5S. The zero-order valence-corrected chi connectivity index (χ0v) is 14.3. The molecule has 0 amide bonds. The number of pyridine rings is 1. The average Bonchev–Trinajstić information content (AvgIpc) is 2.95. The van der Waals surface area contributed by atoms with Gasteiger partial charge in [0.25, 0.3) is 0 Å². The number of fused-ring (bicyclic) bond motifs is 1. The lowest BCUT2D eigenvalue weighted by molar-refractivity contribution is 0.401. The van der Waals surface area contributed by atoms with E-state index in [0.29, 0.717) is 0 Å². The van der Waals surface area contributed by atoms with Crippen LogP contribution in [0.3, 0.4) is 0 Å². The van der Waals surface area contributed by atoms with Gasteiger partial charge in [0.2, 0.25) is 5.13 Å². The SMILES string of the molecule is C/C(=N\Nc1nc2ccccc2s1)c1ncccc1CN(C)C. The molecule has 6 heteroatoms. The normalized spacial score (nSPS) is 12.1. The second-order valence-corrected chi connectivity index (χ2v) is 6.58. The first-order chi connectivity index (χ1) is 11.1. The molecule has 0 aliphatic heterocycles. The van der Waals surface area contributed by atoms with Crippen LogP contribution in [0.25, 0.3) is 10.2 Å². The Kier molecular flexibility index (Phi) is 4.64. The zero-order valence-electron chi connectivity index (χ0n) is 13.4. The largest absolute Gasteiger partial charge is 0.305 e. The Hall–Kier alpha value is -2.31. The van der Waals surface area contributed by atoms with E-state index >= 15 is 0 Å². The minimum Gasteiger partial charge on any atom is -0.305 e. The number of anilines is 1. The molecule has 0 unspecified atom stereocenters. The van der Waals surface area contributed by atoms with Crippen LogP contribution in [-0.4, -0.2) is 34.7 Å². The number of nitrogens with zero attached hydrogens (tertiary/aromatic N) is 4. The summed E-state index contributed by atoms with van der Waals surface area (Å²) in [5.74, 6) is 0. The second-order valence-electron chi connectivity index (χ2n) is 5.54. The highest BCUT2D eigenvalue weighted by Gasteiger charge is 2.08. The molecular weight excluding hydrogens is 306 g/mol. The summed E-state index contributed by atoms with van der Waals surface area (Å²) in [6.45, 7) is 2.79. The molecule has 0 bridgehead atoms. The van der Waals surface area contributed by atoms with E-state index in [1.807, 2.05) is 45.3 Å². The number of benzene rings is 1. The maximum Gasteiger partial charge on any atom is 0.204 e. The fraction of sp³-hybridized carbons (Fsp3) is 0.235. The molecule has 0 fully saturated rings. The highest BCUT2D eigenvalue weighted by Crippen LogP contribution is 2.25. The fourth-order valence-corrected chi connectivity index (χ4v) is 3.15. The third-order valence-corrected chi connectivity index (χ3v) is 4.27. The summed E-state index contributed by atoms with van der Waals surface area (Å²) >= 11 is 1.59. The van der Waals surface area contributed by atoms with Crippen molar-refractivity contribution in [2.75, 3.05) is 19.5 Å². The summed E-state index contributed by atoms with van der Waals surface area (Å²) in [6.07, 6.45) is 1.80. The third kappa shape index (κ3) is 3.72. The molecule has 23 heavy (non-hydrogen) atoms. The Morgan fingerprint density at radius 3 is 2.83 bits per heavy atom. The van der Waals surface area contributed by atoms with E-state index in [4.69, 9.17) is 0 Å². The van der Waals surface area contributed by atoms with Gasteiger partial charge in [-0.2, -0.15) is 5.10 Å². The van der Waals surface area contributed by atoms with Crippen LogP contribution in [-0.2, 0) is 6.54 Å². The van der Waals surface area contributed by atoms with Crippen LogP contribution in [0.1, 0.15) is 18.2 Å². The number of hydrazone groups is 1. The Balaban J connectivity index is 1.82. The Morgan fingerprint density at radius 2 is 2.04 bits per heavy atom. The van der Waals surface area contributed by atoms with Gasteiger partial charge in [0.15, 0.2) is 0 Å². The smallest absolute Gasteiger partial charge is 0.204 e. The molecule has 1 N–H and O–H groups in total. The minimum atomic E-state index is 0.788. The van der Waals surface area contributed by atoms with Crippen LogP contribution in [0.5, 0.6) is 0 Å². The van der Waals surface area contributed by atoms with Crippen molar-refractivity contribution in [3.8, 4) is 0 Å². The van der Waals surface area contributed by atoms with E-state index < -0.39 is 0 Å². The standard InChI is InChI=1S/C17H19N5S/c1-12(16-13(11-22(2)3)7-6-10-18-16)20-21-17-19-14-8-4-5-9-15(14)23-17/h4-10H,11H2,1-3H3,(H,19,21)/b20-12+. The molecule has 0 saturated carbocycles. The number of aromatic nitrogens is 2. The van der Waals surface area contributed by atoms with Gasteiger partial charge in [0.05, 0.1) is 21.6 Å². The predicted octanol–water partition coefficient (Wildman–Crippen LogP) is 3.59. The van der Waals surface area contributed by atoms with Crippen LogP contribution >= 0.6 is 11.3 Å². The van der Waals surface area contributed by atoms with Crippen molar-refractivity contribution in [3.05, 3.63) is 53.9 Å². The van der Waals surface area contributed by atoms with Gasteiger partial charge >= 0.3 is 0 Å². The van der Waals surface area contributed by atoms with Crippen molar-refractivity contribution in [2.45, 2.75) is 13.5 Å². The lowest BCUT2D eigenvalue weighted by atomic mass is 10.1. The lowest BCUT2D eigenvalue weighted by Crippen LogP contribution is -2.15. The van der Waals surface area contributed by atoms with Crippen molar-refractivity contribution in [1.82, 2.24) is 14.9 Å². The number of thiazole rings is 1. The van der Waals surface area contributed by atoms with Gasteiger partial charge in [0.1, 0.15) is 0 Å². The van der Waals surface area contributed by atoms with E-state index in [1.165, 1.54) is 0 Å². The molecule has 0 atom stereocenters. The molecule has 0 radical (unpaired) electrons. The fourth-order valence-electron chi connectivity index (χ4n) is 2.34. The number of nitrogens with one attached hydrogen (secondary N) is 1. The van der Waals surface area contributed by atoms with E-state index in [1.54, 1.807) is 17.5 Å². The van der Waals surface area contributed by atoms with Crippen molar-refractivity contribution in [3.63, 3.8) is 0 Å². The van der Waals surface area contributed by atoms with Crippen molar-refractivity contribution < 1.29 is 0 Å². The van der Waals surface area contributed by atoms with E-state index in [-0.39, 0.29) is 0 Å². The van der Waals surface area contributed by atoms with Crippen LogP contribution < -0.4 is 5.43 Å². The summed E-state index contributed by atoms with van der Waals surface area (Å²) in [4.78, 5) is 11.1. The molecule has 3 aromatic rings.